The quantitative estimate of drug-likeness (QED) is 0.823. The summed E-state index contributed by atoms with van der Waals surface area (Å²) < 4.78 is 32.5. The number of likely N-dealkylation sites (N-methyl/N-ethyl adjacent to an activating group) is 1. The fraction of sp³-hybridized carbons (Fsp3) is 0.600. The summed E-state index contributed by atoms with van der Waals surface area (Å²) in [6.45, 7) is 2.55. The Balaban J connectivity index is 2.28. The summed E-state index contributed by atoms with van der Waals surface area (Å²) in [5.74, 6) is 0.874. The molecule has 22 heavy (non-hydrogen) atoms. The largest absolute Gasteiger partial charge is 0.492 e. The predicted octanol–water partition coefficient (Wildman–Crippen LogP) is 2.49. The molecule has 0 heterocycles. The summed E-state index contributed by atoms with van der Waals surface area (Å²) in [5, 5.41) is 0.364. The van der Waals surface area contributed by atoms with Crippen LogP contribution in [0.3, 0.4) is 0 Å². The van der Waals surface area contributed by atoms with E-state index in [0.717, 1.165) is 12.8 Å². The molecule has 1 fully saturated rings. The molecule has 1 saturated carbocycles. The monoisotopic (exact) mass is 346 g/mol. The van der Waals surface area contributed by atoms with Gasteiger partial charge in [-0.05, 0) is 43.9 Å². The van der Waals surface area contributed by atoms with Crippen LogP contribution in [0, 0.1) is 5.92 Å². The van der Waals surface area contributed by atoms with E-state index in [1.165, 1.54) is 23.8 Å². The van der Waals surface area contributed by atoms with E-state index in [4.69, 9.17) is 22.1 Å². The molecule has 1 aliphatic carbocycles. The third kappa shape index (κ3) is 3.74. The van der Waals surface area contributed by atoms with E-state index in [1.54, 1.807) is 19.1 Å². The van der Waals surface area contributed by atoms with Crippen molar-refractivity contribution in [2.24, 2.45) is 11.7 Å². The van der Waals surface area contributed by atoms with Gasteiger partial charge in [-0.25, -0.2) is 8.42 Å². The van der Waals surface area contributed by atoms with Crippen LogP contribution in [0.1, 0.15) is 26.2 Å². The Hall–Kier alpha value is -0.820. The Morgan fingerprint density at radius 3 is 2.68 bits per heavy atom. The number of hydrogen-bond acceptors (Lipinski definition) is 4. The first-order chi connectivity index (χ1) is 10.4. The van der Waals surface area contributed by atoms with E-state index in [9.17, 15) is 8.42 Å². The van der Waals surface area contributed by atoms with Crippen LogP contribution in [0.25, 0.3) is 0 Å². The zero-order valence-electron chi connectivity index (χ0n) is 13.0. The molecule has 1 aliphatic rings. The predicted molar refractivity (Wildman–Crippen MR) is 87.8 cm³/mol. The molecule has 0 spiro atoms. The van der Waals surface area contributed by atoms with Crippen molar-refractivity contribution in [1.82, 2.24) is 4.31 Å². The van der Waals surface area contributed by atoms with Crippen molar-refractivity contribution in [2.75, 3.05) is 20.2 Å². The second-order valence-corrected chi connectivity index (χ2v) is 8.21. The fourth-order valence-corrected chi connectivity index (χ4v) is 3.97. The zero-order valence-corrected chi connectivity index (χ0v) is 14.5. The first-order valence-electron chi connectivity index (χ1n) is 7.46. The van der Waals surface area contributed by atoms with Crippen molar-refractivity contribution in [3.8, 4) is 5.75 Å². The third-order valence-corrected chi connectivity index (χ3v) is 6.45. The molecule has 1 unspecified atom stereocenters. The molecule has 0 aliphatic heterocycles. The van der Waals surface area contributed by atoms with Gasteiger partial charge < -0.3 is 10.5 Å². The molecule has 0 aromatic heterocycles. The van der Waals surface area contributed by atoms with Crippen molar-refractivity contribution in [3.05, 3.63) is 23.2 Å². The van der Waals surface area contributed by atoms with Gasteiger partial charge in [0.2, 0.25) is 10.0 Å². The summed E-state index contributed by atoms with van der Waals surface area (Å²) in [6.07, 6.45) is 3.50. The second kappa shape index (κ2) is 7.17. The minimum Gasteiger partial charge on any atom is -0.492 e. The van der Waals surface area contributed by atoms with Crippen molar-refractivity contribution in [2.45, 2.75) is 37.1 Å². The molecule has 0 radical (unpaired) electrons. The number of nitrogens with two attached hydrogens (primary N) is 1. The molecule has 5 nitrogen and oxygen atoms in total. The van der Waals surface area contributed by atoms with E-state index in [-0.39, 0.29) is 17.5 Å². The summed E-state index contributed by atoms with van der Waals surface area (Å²) in [4.78, 5) is 0.0992. The van der Waals surface area contributed by atoms with Crippen molar-refractivity contribution < 1.29 is 13.2 Å². The van der Waals surface area contributed by atoms with Crippen molar-refractivity contribution >= 4 is 21.6 Å². The molecule has 2 rings (SSSR count). The summed E-state index contributed by atoms with van der Waals surface area (Å²) >= 11 is 5.98. The molecular formula is C15H23ClN2O3S. The second-order valence-electron chi connectivity index (χ2n) is 5.80. The SMILES string of the molecule is CC(CN)N(C)S(=O)(=O)c1cc(Cl)ccc1OCC1CCC1. The van der Waals surface area contributed by atoms with Gasteiger partial charge in [0.05, 0.1) is 6.61 Å². The van der Waals surface area contributed by atoms with Crippen molar-refractivity contribution in [3.63, 3.8) is 0 Å². The highest BCUT2D eigenvalue weighted by molar-refractivity contribution is 7.89. The highest BCUT2D eigenvalue weighted by atomic mass is 35.5. The lowest BCUT2D eigenvalue weighted by molar-refractivity contribution is 0.177. The van der Waals surface area contributed by atoms with E-state index >= 15 is 0 Å². The smallest absolute Gasteiger partial charge is 0.246 e. The van der Waals surface area contributed by atoms with Gasteiger partial charge in [0.1, 0.15) is 10.6 Å². The maximum atomic E-state index is 12.8. The van der Waals surface area contributed by atoms with Gasteiger partial charge in [-0.1, -0.05) is 18.0 Å². The number of benzene rings is 1. The van der Waals surface area contributed by atoms with Crippen LogP contribution >= 0.6 is 11.6 Å². The minimum absolute atomic E-state index is 0.0992. The van der Waals surface area contributed by atoms with Crippen LogP contribution in [0.2, 0.25) is 5.02 Å². The molecule has 0 saturated heterocycles. The van der Waals surface area contributed by atoms with Crippen LogP contribution in [0.4, 0.5) is 0 Å². The number of sulfonamides is 1. The molecule has 2 N–H and O–H groups in total. The van der Waals surface area contributed by atoms with Gasteiger partial charge in [0.25, 0.3) is 0 Å². The molecule has 1 aromatic carbocycles. The van der Waals surface area contributed by atoms with Gasteiger partial charge in [0.15, 0.2) is 0 Å². The number of rotatable bonds is 7. The molecule has 1 aromatic rings. The van der Waals surface area contributed by atoms with Crippen LogP contribution < -0.4 is 10.5 Å². The van der Waals surface area contributed by atoms with E-state index in [2.05, 4.69) is 0 Å². The number of ether oxygens (including phenoxy) is 1. The Morgan fingerprint density at radius 1 is 1.45 bits per heavy atom. The zero-order chi connectivity index (χ0) is 16.3. The van der Waals surface area contributed by atoms with Gasteiger partial charge >= 0.3 is 0 Å². The molecule has 0 amide bonds. The maximum absolute atomic E-state index is 12.8. The van der Waals surface area contributed by atoms with Crippen LogP contribution in [0.15, 0.2) is 23.1 Å². The van der Waals surface area contributed by atoms with E-state index < -0.39 is 10.0 Å². The van der Waals surface area contributed by atoms with E-state index in [0.29, 0.717) is 23.3 Å². The lowest BCUT2D eigenvalue weighted by Crippen LogP contribution is -2.39. The Labute approximate surface area is 137 Å². The van der Waals surface area contributed by atoms with Crippen LogP contribution in [-0.4, -0.2) is 39.0 Å². The normalized spacial score (nSPS) is 17.3. The van der Waals surface area contributed by atoms with Gasteiger partial charge in [-0.3, -0.25) is 0 Å². The Morgan fingerprint density at radius 2 is 2.14 bits per heavy atom. The average molecular weight is 347 g/mol. The summed E-state index contributed by atoms with van der Waals surface area (Å²) in [6, 6.07) is 4.40. The average Bonchev–Trinajstić information content (AvgIpc) is 2.45. The molecule has 1 atom stereocenters. The molecule has 0 bridgehead atoms. The van der Waals surface area contributed by atoms with Crippen LogP contribution in [-0.2, 0) is 10.0 Å². The standard InChI is InChI=1S/C15H23ClN2O3S/c1-11(9-17)18(2)22(19,20)15-8-13(16)6-7-14(15)21-10-12-4-3-5-12/h6-8,11-12H,3-5,9-10,17H2,1-2H3. The Kier molecular flexibility index (Phi) is 5.71. The molecular weight excluding hydrogens is 324 g/mol. The van der Waals surface area contributed by atoms with E-state index in [1.807, 2.05) is 0 Å². The minimum atomic E-state index is -3.70. The van der Waals surface area contributed by atoms with Crippen LogP contribution in [0.5, 0.6) is 5.75 Å². The maximum Gasteiger partial charge on any atom is 0.246 e. The lowest BCUT2D eigenvalue weighted by atomic mass is 9.86. The highest BCUT2D eigenvalue weighted by Gasteiger charge is 2.29. The third-order valence-electron chi connectivity index (χ3n) is 4.22. The molecule has 7 heteroatoms. The summed E-state index contributed by atoms with van der Waals surface area (Å²) in [7, 11) is -2.18. The highest BCUT2D eigenvalue weighted by Crippen LogP contribution is 2.32. The fourth-order valence-electron chi connectivity index (χ4n) is 2.21. The number of hydrogen-bond donors (Lipinski definition) is 1. The first kappa shape index (κ1) is 17.5. The van der Waals surface area contributed by atoms with Gasteiger partial charge in [0, 0.05) is 24.7 Å². The lowest BCUT2D eigenvalue weighted by Gasteiger charge is -2.27. The number of halogens is 1. The van der Waals surface area contributed by atoms with Crippen molar-refractivity contribution in [1.29, 1.82) is 0 Å². The first-order valence-corrected chi connectivity index (χ1v) is 9.28. The summed E-state index contributed by atoms with van der Waals surface area (Å²) in [5.41, 5.74) is 5.58. The van der Waals surface area contributed by atoms with Gasteiger partial charge in [-0.2, -0.15) is 4.31 Å². The Bertz CT molecular complexity index is 617. The number of nitrogens with zero attached hydrogens (tertiary/aromatic N) is 1. The topological polar surface area (TPSA) is 72.6 Å². The molecule has 124 valence electrons. The van der Waals surface area contributed by atoms with Gasteiger partial charge in [-0.15, -0.1) is 0 Å².